The zero-order valence-corrected chi connectivity index (χ0v) is 12.9. The SMILES string of the molecule is CCCC1CCC(N2C3CCC2CC(NC)C3)CC1. The number of hydrogen-bond acceptors (Lipinski definition) is 2. The first-order valence-electron chi connectivity index (χ1n) is 8.76. The second-order valence-corrected chi connectivity index (χ2v) is 7.25. The third-order valence-electron chi connectivity index (χ3n) is 6.13. The first-order chi connectivity index (χ1) is 9.31. The minimum Gasteiger partial charge on any atom is -0.317 e. The number of hydrogen-bond donors (Lipinski definition) is 1. The standard InChI is InChI=1S/C17H32N2/c1-3-4-13-5-7-15(8-6-13)19-16-9-10-17(19)12-14(11-16)18-2/h13-18H,3-12H2,1-2H3. The van der Waals surface area contributed by atoms with E-state index in [1.165, 1.54) is 64.2 Å². The lowest BCUT2D eigenvalue weighted by atomic mass is 9.81. The van der Waals surface area contributed by atoms with Gasteiger partial charge in [-0.1, -0.05) is 19.8 Å². The number of nitrogens with zero attached hydrogens (tertiary/aromatic N) is 1. The molecule has 2 bridgehead atoms. The molecule has 1 N–H and O–H groups in total. The van der Waals surface area contributed by atoms with Crippen LogP contribution in [0.3, 0.4) is 0 Å². The van der Waals surface area contributed by atoms with Crippen molar-refractivity contribution < 1.29 is 0 Å². The van der Waals surface area contributed by atoms with Crippen molar-refractivity contribution in [3.8, 4) is 0 Å². The Hall–Kier alpha value is -0.0800. The summed E-state index contributed by atoms with van der Waals surface area (Å²) in [6, 6.07) is 3.54. The minimum absolute atomic E-state index is 0.796. The van der Waals surface area contributed by atoms with E-state index in [0.29, 0.717) is 0 Å². The molecule has 2 aliphatic heterocycles. The molecule has 2 heterocycles. The van der Waals surface area contributed by atoms with Gasteiger partial charge in [0, 0.05) is 24.2 Å². The fraction of sp³-hybridized carbons (Fsp3) is 1.00. The molecule has 2 saturated heterocycles. The van der Waals surface area contributed by atoms with Gasteiger partial charge in [0.25, 0.3) is 0 Å². The van der Waals surface area contributed by atoms with Crippen molar-refractivity contribution in [1.29, 1.82) is 0 Å². The zero-order valence-electron chi connectivity index (χ0n) is 12.9. The molecule has 1 saturated carbocycles. The van der Waals surface area contributed by atoms with Gasteiger partial charge >= 0.3 is 0 Å². The highest BCUT2D eigenvalue weighted by Crippen LogP contribution is 2.41. The van der Waals surface area contributed by atoms with Crippen LogP contribution in [-0.4, -0.2) is 36.1 Å². The summed E-state index contributed by atoms with van der Waals surface area (Å²) in [6.45, 7) is 2.34. The van der Waals surface area contributed by atoms with Gasteiger partial charge < -0.3 is 5.32 Å². The summed E-state index contributed by atoms with van der Waals surface area (Å²) in [4.78, 5) is 2.97. The summed E-state index contributed by atoms with van der Waals surface area (Å²) in [5.41, 5.74) is 0. The van der Waals surface area contributed by atoms with Crippen molar-refractivity contribution in [3.63, 3.8) is 0 Å². The molecular formula is C17H32N2. The molecule has 0 aromatic heterocycles. The maximum atomic E-state index is 3.53. The van der Waals surface area contributed by atoms with Gasteiger partial charge in [-0.25, -0.2) is 0 Å². The van der Waals surface area contributed by atoms with E-state index >= 15 is 0 Å². The highest BCUT2D eigenvalue weighted by atomic mass is 15.3. The lowest BCUT2D eigenvalue weighted by Gasteiger charge is -2.46. The van der Waals surface area contributed by atoms with Crippen LogP contribution in [0.5, 0.6) is 0 Å². The number of nitrogens with one attached hydrogen (secondary N) is 1. The number of piperidine rings is 1. The van der Waals surface area contributed by atoms with E-state index in [1.807, 2.05) is 0 Å². The van der Waals surface area contributed by atoms with Gasteiger partial charge in [-0.2, -0.15) is 0 Å². The topological polar surface area (TPSA) is 15.3 Å². The highest BCUT2D eigenvalue weighted by Gasteiger charge is 2.43. The van der Waals surface area contributed by atoms with Crippen LogP contribution in [0, 0.1) is 5.92 Å². The summed E-state index contributed by atoms with van der Waals surface area (Å²) in [6.07, 6.45) is 14.6. The third-order valence-corrected chi connectivity index (χ3v) is 6.13. The van der Waals surface area contributed by atoms with Crippen LogP contribution in [-0.2, 0) is 0 Å². The zero-order chi connectivity index (χ0) is 13.2. The van der Waals surface area contributed by atoms with Crippen molar-refractivity contribution in [1.82, 2.24) is 10.2 Å². The second-order valence-electron chi connectivity index (χ2n) is 7.25. The minimum atomic E-state index is 0.796. The molecule has 1 aliphatic carbocycles. The van der Waals surface area contributed by atoms with Gasteiger partial charge in [-0.3, -0.25) is 4.90 Å². The average molecular weight is 264 g/mol. The van der Waals surface area contributed by atoms with E-state index in [0.717, 1.165) is 30.1 Å². The molecule has 0 amide bonds. The Morgan fingerprint density at radius 3 is 2.00 bits per heavy atom. The Balaban J connectivity index is 1.56. The van der Waals surface area contributed by atoms with E-state index in [9.17, 15) is 0 Å². The number of fused-ring (bicyclic) bond motifs is 2. The summed E-state index contributed by atoms with van der Waals surface area (Å²) >= 11 is 0. The largest absolute Gasteiger partial charge is 0.317 e. The Morgan fingerprint density at radius 1 is 0.895 bits per heavy atom. The average Bonchev–Trinajstić information content (AvgIpc) is 2.70. The first kappa shape index (κ1) is 13.9. The molecule has 0 aromatic rings. The van der Waals surface area contributed by atoms with Gasteiger partial charge in [-0.05, 0) is 64.3 Å². The molecule has 2 heteroatoms. The Bertz CT molecular complexity index is 269. The van der Waals surface area contributed by atoms with Gasteiger partial charge in [0.15, 0.2) is 0 Å². The van der Waals surface area contributed by atoms with E-state index in [-0.39, 0.29) is 0 Å². The molecule has 0 spiro atoms. The molecule has 3 fully saturated rings. The molecule has 110 valence electrons. The van der Waals surface area contributed by atoms with Crippen LogP contribution in [0.15, 0.2) is 0 Å². The molecule has 3 rings (SSSR count). The molecule has 3 aliphatic rings. The van der Waals surface area contributed by atoms with Gasteiger partial charge in [0.1, 0.15) is 0 Å². The summed E-state index contributed by atoms with van der Waals surface area (Å²) in [7, 11) is 2.15. The van der Waals surface area contributed by atoms with Crippen molar-refractivity contribution in [2.75, 3.05) is 7.05 Å². The van der Waals surface area contributed by atoms with Gasteiger partial charge in [-0.15, -0.1) is 0 Å². The monoisotopic (exact) mass is 264 g/mol. The van der Waals surface area contributed by atoms with Crippen molar-refractivity contribution in [2.24, 2.45) is 5.92 Å². The summed E-state index contributed by atoms with van der Waals surface area (Å²) in [5, 5.41) is 3.53. The third kappa shape index (κ3) is 2.85. The molecule has 2 atom stereocenters. The predicted molar refractivity (Wildman–Crippen MR) is 81.4 cm³/mol. The molecule has 2 unspecified atom stereocenters. The van der Waals surface area contributed by atoms with Gasteiger partial charge in [0.05, 0.1) is 0 Å². The van der Waals surface area contributed by atoms with Crippen molar-refractivity contribution in [2.45, 2.75) is 95.3 Å². The van der Waals surface area contributed by atoms with E-state index < -0.39 is 0 Å². The summed E-state index contributed by atoms with van der Waals surface area (Å²) < 4.78 is 0. The van der Waals surface area contributed by atoms with Crippen molar-refractivity contribution in [3.05, 3.63) is 0 Å². The van der Waals surface area contributed by atoms with Crippen LogP contribution >= 0.6 is 0 Å². The molecule has 0 aromatic carbocycles. The lowest BCUT2D eigenvalue weighted by molar-refractivity contribution is 0.0437. The summed E-state index contributed by atoms with van der Waals surface area (Å²) in [5.74, 6) is 1.05. The van der Waals surface area contributed by atoms with E-state index in [1.54, 1.807) is 0 Å². The normalized spacial score (nSPS) is 43.6. The lowest BCUT2D eigenvalue weighted by Crippen LogP contribution is -2.53. The maximum absolute atomic E-state index is 3.53. The Kier molecular flexibility index (Phi) is 4.48. The predicted octanol–water partition coefficient (Wildman–Crippen LogP) is 3.56. The van der Waals surface area contributed by atoms with Crippen LogP contribution in [0.1, 0.15) is 71.1 Å². The van der Waals surface area contributed by atoms with E-state index in [4.69, 9.17) is 0 Å². The Labute approximate surface area is 119 Å². The van der Waals surface area contributed by atoms with Crippen LogP contribution in [0.4, 0.5) is 0 Å². The molecule has 2 nitrogen and oxygen atoms in total. The first-order valence-corrected chi connectivity index (χ1v) is 8.76. The van der Waals surface area contributed by atoms with E-state index in [2.05, 4.69) is 24.2 Å². The second kappa shape index (κ2) is 6.13. The fourth-order valence-electron chi connectivity index (χ4n) is 5.19. The van der Waals surface area contributed by atoms with Crippen molar-refractivity contribution >= 4 is 0 Å². The fourth-order valence-corrected chi connectivity index (χ4v) is 5.19. The van der Waals surface area contributed by atoms with Gasteiger partial charge in [0.2, 0.25) is 0 Å². The molecular weight excluding hydrogens is 232 g/mol. The quantitative estimate of drug-likeness (QED) is 0.835. The smallest absolute Gasteiger partial charge is 0.0116 e. The number of rotatable bonds is 4. The molecule has 0 radical (unpaired) electrons. The highest BCUT2D eigenvalue weighted by molar-refractivity contribution is 5.00. The Morgan fingerprint density at radius 2 is 1.47 bits per heavy atom. The van der Waals surface area contributed by atoms with Crippen LogP contribution < -0.4 is 5.32 Å². The van der Waals surface area contributed by atoms with Crippen LogP contribution in [0.25, 0.3) is 0 Å². The van der Waals surface area contributed by atoms with Crippen LogP contribution in [0.2, 0.25) is 0 Å². The maximum Gasteiger partial charge on any atom is 0.0116 e. The molecule has 19 heavy (non-hydrogen) atoms.